The quantitative estimate of drug-likeness (QED) is 0.575. The number of likely N-dealkylation sites (N-methyl/N-ethyl adjacent to an activating group) is 1. The van der Waals surface area contributed by atoms with Gasteiger partial charge < -0.3 is 15.0 Å². The molecule has 0 saturated carbocycles. The molecule has 8 heteroatoms. The van der Waals surface area contributed by atoms with E-state index in [0.717, 1.165) is 10.5 Å². The SMILES string of the molecule is CC[C@@]1(C)NC(=O)N(CC(=O)OCC(=O)N(C)Cc2ccccc2)C1=O. The van der Waals surface area contributed by atoms with E-state index in [9.17, 15) is 19.2 Å². The summed E-state index contributed by atoms with van der Waals surface area (Å²) in [6.45, 7) is 2.79. The van der Waals surface area contributed by atoms with E-state index in [2.05, 4.69) is 5.32 Å². The van der Waals surface area contributed by atoms with Crippen molar-refractivity contribution in [2.24, 2.45) is 0 Å². The van der Waals surface area contributed by atoms with Gasteiger partial charge in [-0.2, -0.15) is 0 Å². The highest BCUT2D eigenvalue weighted by molar-refractivity contribution is 6.08. The highest BCUT2D eigenvalue weighted by atomic mass is 16.5. The van der Waals surface area contributed by atoms with E-state index >= 15 is 0 Å². The molecule has 26 heavy (non-hydrogen) atoms. The lowest BCUT2D eigenvalue weighted by Gasteiger charge is -2.19. The number of carbonyl (C=O) groups excluding carboxylic acids is 4. The molecule has 1 fully saturated rings. The number of rotatable bonds is 7. The molecule has 1 saturated heterocycles. The Bertz CT molecular complexity index is 706. The largest absolute Gasteiger partial charge is 0.454 e. The third-order valence-electron chi connectivity index (χ3n) is 4.38. The van der Waals surface area contributed by atoms with Gasteiger partial charge in [0.1, 0.15) is 12.1 Å². The van der Waals surface area contributed by atoms with Crippen molar-refractivity contribution in [2.45, 2.75) is 32.4 Å². The summed E-state index contributed by atoms with van der Waals surface area (Å²) in [5, 5.41) is 2.55. The van der Waals surface area contributed by atoms with Crippen molar-refractivity contribution in [2.75, 3.05) is 20.2 Å². The summed E-state index contributed by atoms with van der Waals surface area (Å²) in [6.07, 6.45) is 0.409. The Hall–Kier alpha value is -2.90. The predicted octanol–water partition coefficient (Wildman–Crippen LogP) is 0.909. The topological polar surface area (TPSA) is 96.0 Å². The molecule has 4 amide bonds. The number of amides is 4. The van der Waals surface area contributed by atoms with Crippen molar-refractivity contribution >= 4 is 23.8 Å². The van der Waals surface area contributed by atoms with Crippen molar-refractivity contribution in [1.29, 1.82) is 0 Å². The first-order valence-electron chi connectivity index (χ1n) is 8.34. The Morgan fingerprint density at radius 1 is 1.23 bits per heavy atom. The van der Waals surface area contributed by atoms with Crippen LogP contribution in [0.25, 0.3) is 0 Å². The molecule has 0 unspecified atom stereocenters. The van der Waals surface area contributed by atoms with Gasteiger partial charge in [-0.05, 0) is 18.9 Å². The highest BCUT2D eigenvalue weighted by Gasteiger charge is 2.47. The number of urea groups is 1. The van der Waals surface area contributed by atoms with Crippen LogP contribution in [0.3, 0.4) is 0 Å². The molecule has 140 valence electrons. The number of hydrogen-bond acceptors (Lipinski definition) is 5. The summed E-state index contributed by atoms with van der Waals surface area (Å²) in [4.78, 5) is 50.3. The van der Waals surface area contributed by atoms with Crippen LogP contribution in [0.4, 0.5) is 4.79 Å². The zero-order chi connectivity index (χ0) is 19.3. The van der Waals surface area contributed by atoms with Gasteiger partial charge in [0.05, 0.1) is 0 Å². The number of hydrogen-bond donors (Lipinski definition) is 1. The Labute approximate surface area is 152 Å². The van der Waals surface area contributed by atoms with Crippen LogP contribution < -0.4 is 5.32 Å². The molecule has 1 aliphatic heterocycles. The minimum atomic E-state index is -1.01. The van der Waals surface area contributed by atoms with Crippen molar-refractivity contribution in [1.82, 2.24) is 15.1 Å². The number of nitrogens with zero attached hydrogens (tertiary/aromatic N) is 2. The van der Waals surface area contributed by atoms with Gasteiger partial charge in [0.2, 0.25) is 0 Å². The van der Waals surface area contributed by atoms with E-state index in [1.54, 1.807) is 20.9 Å². The predicted molar refractivity (Wildman–Crippen MR) is 92.8 cm³/mol. The lowest BCUT2D eigenvalue weighted by atomic mass is 9.99. The molecule has 1 N–H and O–H groups in total. The van der Waals surface area contributed by atoms with Crippen molar-refractivity contribution in [3.05, 3.63) is 35.9 Å². The molecule has 0 aromatic heterocycles. The summed E-state index contributed by atoms with van der Waals surface area (Å²) in [7, 11) is 1.60. The zero-order valence-corrected chi connectivity index (χ0v) is 15.2. The Morgan fingerprint density at radius 2 is 1.88 bits per heavy atom. The highest BCUT2D eigenvalue weighted by Crippen LogP contribution is 2.20. The summed E-state index contributed by atoms with van der Waals surface area (Å²) >= 11 is 0. The first kappa shape index (κ1) is 19.4. The molecule has 0 aliphatic carbocycles. The van der Waals surface area contributed by atoms with Gasteiger partial charge in [-0.25, -0.2) is 4.79 Å². The Kier molecular flexibility index (Phi) is 5.97. The fourth-order valence-electron chi connectivity index (χ4n) is 2.50. The van der Waals surface area contributed by atoms with E-state index in [0.29, 0.717) is 13.0 Å². The maximum atomic E-state index is 12.2. The molecule has 1 aliphatic rings. The van der Waals surface area contributed by atoms with Crippen molar-refractivity contribution in [3.63, 3.8) is 0 Å². The van der Waals surface area contributed by atoms with Crippen LogP contribution in [0.15, 0.2) is 30.3 Å². The summed E-state index contributed by atoms with van der Waals surface area (Å²) in [6, 6.07) is 8.76. The number of ether oxygens (including phenoxy) is 1. The Balaban J connectivity index is 1.82. The molecule has 0 radical (unpaired) electrons. The summed E-state index contributed by atoms with van der Waals surface area (Å²) in [5.41, 5.74) is -0.0591. The second-order valence-electron chi connectivity index (χ2n) is 6.40. The second-order valence-corrected chi connectivity index (χ2v) is 6.40. The zero-order valence-electron chi connectivity index (χ0n) is 15.2. The van der Waals surface area contributed by atoms with E-state index in [-0.39, 0.29) is 5.91 Å². The van der Waals surface area contributed by atoms with Crippen LogP contribution >= 0.6 is 0 Å². The Morgan fingerprint density at radius 3 is 2.46 bits per heavy atom. The van der Waals surface area contributed by atoms with Gasteiger partial charge in [-0.1, -0.05) is 37.3 Å². The van der Waals surface area contributed by atoms with Gasteiger partial charge in [0, 0.05) is 13.6 Å². The molecule has 1 aromatic rings. The molecule has 8 nitrogen and oxygen atoms in total. The second kappa shape index (κ2) is 7.99. The minimum Gasteiger partial charge on any atom is -0.454 e. The maximum Gasteiger partial charge on any atom is 0.326 e. The van der Waals surface area contributed by atoms with Crippen molar-refractivity contribution in [3.8, 4) is 0 Å². The monoisotopic (exact) mass is 361 g/mol. The number of imide groups is 1. The normalized spacial score (nSPS) is 19.3. The van der Waals surface area contributed by atoms with E-state index in [1.807, 2.05) is 30.3 Å². The lowest BCUT2D eigenvalue weighted by molar-refractivity contribution is -0.153. The van der Waals surface area contributed by atoms with Crippen LogP contribution in [0.2, 0.25) is 0 Å². The average molecular weight is 361 g/mol. The smallest absolute Gasteiger partial charge is 0.326 e. The molecule has 1 heterocycles. The molecule has 1 aromatic carbocycles. The number of nitrogens with one attached hydrogen (secondary N) is 1. The van der Waals surface area contributed by atoms with Gasteiger partial charge >= 0.3 is 12.0 Å². The standard InChI is InChI=1S/C18H23N3O5/c1-4-18(2)16(24)21(17(25)19-18)11-15(23)26-12-14(22)20(3)10-13-8-6-5-7-9-13/h5-9H,4,10-12H2,1-3H3,(H,19,25)/t18-/m1/s1. The molecule has 0 bridgehead atoms. The first-order valence-corrected chi connectivity index (χ1v) is 8.34. The fraction of sp³-hybridized carbons (Fsp3) is 0.444. The third kappa shape index (κ3) is 4.38. The fourth-order valence-corrected chi connectivity index (χ4v) is 2.50. The van der Waals surface area contributed by atoms with E-state index in [4.69, 9.17) is 4.74 Å². The van der Waals surface area contributed by atoms with Gasteiger partial charge in [-0.15, -0.1) is 0 Å². The van der Waals surface area contributed by atoms with Crippen molar-refractivity contribution < 1.29 is 23.9 Å². The van der Waals surface area contributed by atoms with Crippen LogP contribution in [-0.4, -0.2) is 59.4 Å². The number of carbonyl (C=O) groups is 4. The molecule has 1 atom stereocenters. The van der Waals surface area contributed by atoms with Crippen LogP contribution in [0, 0.1) is 0 Å². The average Bonchev–Trinajstić information content (AvgIpc) is 2.84. The molecular weight excluding hydrogens is 338 g/mol. The maximum absolute atomic E-state index is 12.2. The van der Waals surface area contributed by atoms with E-state index < -0.39 is 36.6 Å². The molecular formula is C18H23N3O5. The summed E-state index contributed by atoms with van der Waals surface area (Å²) in [5.74, 6) is -1.66. The van der Waals surface area contributed by atoms with Gasteiger partial charge in [0.25, 0.3) is 11.8 Å². The first-order chi connectivity index (χ1) is 12.3. The summed E-state index contributed by atoms with van der Waals surface area (Å²) < 4.78 is 4.92. The van der Waals surface area contributed by atoms with Gasteiger partial charge in [0.15, 0.2) is 6.61 Å². The number of esters is 1. The third-order valence-corrected chi connectivity index (χ3v) is 4.38. The van der Waals surface area contributed by atoms with E-state index in [1.165, 1.54) is 4.90 Å². The van der Waals surface area contributed by atoms with Gasteiger partial charge in [-0.3, -0.25) is 19.3 Å². The van der Waals surface area contributed by atoms with Crippen LogP contribution in [0.5, 0.6) is 0 Å². The molecule has 0 spiro atoms. The van der Waals surface area contributed by atoms with Crippen LogP contribution in [-0.2, 0) is 25.7 Å². The molecule has 2 rings (SSSR count). The lowest BCUT2D eigenvalue weighted by Crippen LogP contribution is -2.43. The minimum absolute atomic E-state index is 0.377. The van der Waals surface area contributed by atoms with Crippen LogP contribution in [0.1, 0.15) is 25.8 Å². The number of benzene rings is 1.